The van der Waals surface area contributed by atoms with Gasteiger partial charge < -0.3 is 4.57 Å². The number of aromatic nitrogens is 2. The van der Waals surface area contributed by atoms with Gasteiger partial charge in [-0.15, -0.1) is 0 Å². The topological polar surface area (TPSA) is 17.8 Å². The average Bonchev–Trinajstić information content (AvgIpc) is 3.06. The molecule has 0 fully saturated rings. The number of nitrogens with zero attached hydrogens (tertiary/aromatic N) is 2. The summed E-state index contributed by atoms with van der Waals surface area (Å²) < 4.78 is 2.32. The van der Waals surface area contributed by atoms with Gasteiger partial charge in [0.05, 0.1) is 6.33 Å². The van der Waals surface area contributed by atoms with Gasteiger partial charge in [0.1, 0.15) is 0 Å². The molecule has 0 aliphatic rings. The van der Waals surface area contributed by atoms with Crippen LogP contribution >= 0.6 is 0 Å². The zero-order valence-corrected chi connectivity index (χ0v) is 15.1. The van der Waals surface area contributed by atoms with Crippen molar-refractivity contribution in [3.63, 3.8) is 0 Å². The fraction of sp³-hybridized carbons (Fsp3) is 0.850. The van der Waals surface area contributed by atoms with Crippen molar-refractivity contribution in [3.8, 4) is 0 Å². The molecule has 0 N–H and O–H groups in total. The van der Waals surface area contributed by atoms with Crippen LogP contribution in [0.15, 0.2) is 18.7 Å². The van der Waals surface area contributed by atoms with E-state index in [9.17, 15) is 0 Å². The molecule has 0 saturated carbocycles. The molecule has 0 saturated heterocycles. The van der Waals surface area contributed by atoms with Crippen LogP contribution in [0.1, 0.15) is 110 Å². The zero-order chi connectivity index (χ0) is 15.9. The highest BCUT2D eigenvalue weighted by Crippen LogP contribution is 2.22. The van der Waals surface area contributed by atoms with Crippen LogP contribution in [0.5, 0.6) is 0 Å². The molecule has 0 aliphatic heterocycles. The van der Waals surface area contributed by atoms with Crippen LogP contribution < -0.4 is 0 Å². The quantitative estimate of drug-likeness (QED) is 0.321. The standard InChI is InChI=1S/C20H38N2/c1-3-5-7-8-9-10-11-12-13-14-16-20(15-6-4-2)22-18-17-21-19-22/h17-20H,3-16H2,1-2H3. The maximum absolute atomic E-state index is 4.21. The van der Waals surface area contributed by atoms with Crippen molar-refractivity contribution in [3.05, 3.63) is 18.7 Å². The van der Waals surface area contributed by atoms with E-state index in [-0.39, 0.29) is 0 Å². The summed E-state index contributed by atoms with van der Waals surface area (Å²) in [6.07, 6.45) is 25.5. The zero-order valence-electron chi connectivity index (χ0n) is 15.1. The van der Waals surface area contributed by atoms with Gasteiger partial charge in [-0.05, 0) is 12.8 Å². The Morgan fingerprint density at radius 1 is 0.727 bits per heavy atom. The van der Waals surface area contributed by atoms with Gasteiger partial charge in [0.25, 0.3) is 0 Å². The van der Waals surface area contributed by atoms with Crippen LogP contribution in [0.3, 0.4) is 0 Å². The van der Waals surface area contributed by atoms with Gasteiger partial charge in [-0.25, -0.2) is 4.98 Å². The lowest BCUT2D eigenvalue weighted by Gasteiger charge is -2.18. The molecule has 0 radical (unpaired) electrons. The van der Waals surface area contributed by atoms with Gasteiger partial charge in [-0.1, -0.05) is 90.9 Å². The summed E-state index contributed by atoms with van der Waals surface area (Å²) in [7, 11) is 0. The highest BCUT2D eigenvalue weighted by molar-refractivity contribution is 4.80. The molecule has 128 valence electrons. The van der Waals surface area contributed by atoms with Gasteiger partial charge in [-0.2, -0.15) is 0 Å². The maximum Gasteiger partial charge on any atom is 0.0948 e. The number of imidazole rings is 1. The molecule has 0 bridgehead atoms. The Hall–Kier alpha value is -0.790. The Labute approximate surface area is 138 Å². The highest BCUT2D eigenvalue weighted by Gasteiger charge is 2.09. The van der Waals surface area contributed by atoms with Gasteiger partial charge >= 0.3 is 0 Å². The van der Waals surface area contributed by atoms with Crippen LogP contribution in [0.4, 0.5) is 0 Å². The van der Waals surface area contributed by atoms with E-state index >= 15 is 0 Å². The van der Waals surface area contributed by atoms with Crippen molar-refractivity contribution >= 4 is 0 Å². The molecule has 2 nitrogen and oxygen atoms in total. The van der Waals surface area contributed by atoms with Gasteiger partial charge in [0.2, 0.25) is 0 Å². The third kappa shape index (κ3) is 9.27. The summed E-state index contributed by atoms with van der Waals surface area (Å²) in [5.74, 6) is 0. The van der Waals surface area contributed by atoms with Gasteiger partial charge in [0, 0.05) is 18.4 Å². The summed E-state index contributed by atoms with van der Waals surface area (Å²) in [5, 5.41) is 0. The second-order valence-corrected chi connectivity index (χ2v) is 6.78. The van der Waals surface area contributed by atoms with E-state index in [0.717, 1.165) is 0 Å². The van der Waals surface area contributed by atoms with E-state index in [1.807, 2.05) is 12.5 Å². The summed E-state index contributed by atoms with van der Waals surface area (Å²) in [6.45, 7) is 4.57. The molecule has 0 amide bonds. The molecule has 1 rings (SSSR count). The minimum Gasteiger partial charge on any atom is -0.334 e. The third-order valence-corrected chi connectivity index (χ3v) is 4.73. The lowest BCUT2D eigenvalue weighted by Crippen LogP contribution is -2.07. The van der Waals surface area contributed by atoms with Crippen molar-refractivity contribution in [2.24, 2.45) is 0 Å². The first kappa shape index (κ1) is 19.3. The van der Waals surface area contributed by atoms with E-state index in [1.54, 1.807) is 0 Å². The van der Waals surface area contributed by atoms with E-state index in [4.69, 9.17) is 0 Å². The van der Waals surface area contributed by atoms with Crippen LogP contribution in [-0.4, -0.2) is 9.55 Å². The Balaban J connectivity index is 2.01. The number of hydrogen-bond donors (Lipinski definition) is 0. The number of unbranched alkanes of at least 4 members (excludes halogenated alkanes) is 10. The fourth-order valence-electron chi connectivity index (χ4n) is 3.24. The monoisotopic (exact) mass is 306 g/mol. The van der Waals surface area contributed by atoms with Gasteiger partial charge in [0.15, 0.2) is 0 Å². The fourth-order valence-corrected chi connectivity index (χ4v) is 3.24. The average molecular weight is 307 g/mol. The molecular formula is C20H38N2. The molecule has 1 atom stereocenters. The SMILES string of the molecule is CCCCCCCCCCCCC(CCCC)n1ccnc1. The van der Waals surface area contributed by atoms with Crippen molar-refractivity contribution < 1.29 is 0 Å². The summed E-state index contributed by atoms with van der Waals surface area (Å²) in [5.41, 5.74) is 0. The first-order valence-electron chi connectivity index (χ1n) is 9.86. The summed E-state index contributed by atoms with van der Waals surface area (Å²) in [4.78, 5) is 4.21. The highest BCUT2D eigenvalue weighted by atomic mass is 15.0. The molecule has 1 heterocycles. The molecule has 0 aromatic carbocycles. The normalized spacial score (nSPS) is 12.6. The Kier molecular flexibility index (Phi) is 12.1. The van der Waals surface area contributed by atoms with E-state index in [1.165, 1.54) is 89.9 Å². The van der Waals surface area contributed by atoms with E-state index < -0.39 is 0 Å². The first-order valence-corrected chi connectivity index (χ1v) is 9.86. The van der Waals surface area contributed by atoms with Gasteiger partial charge in [-0.3, -0.25) is 0 Å². The first-order chi connectivity index (χ1) is 10.9. The number of rotatable bonds is 15. The molecule has 1 unspecified atom stereocenters. The molecule has 1 aromatic heterocycles. The predicted octanol–water partition coefficient (Wildman–Crippen LogP) is 6.93. The van der Waals surface area contributed by atoms with Crippen LogP contribution in [0.25, 0.3) is 0 Å². The molecule has 22 heavy (non-hydrogen) atoms. The van der Waals surface area contributed by atoms with Crippen LogP contribution in [0, 0.1) is 0 Å². The molecule has 0 spiro atoms. The van der Waals surface area contributed by atoms with E-state index in [2.05, 4.69) is 29.6 Å². The lowest BCUT2D eigenvalue weighted by atomic mass is 10.0. The van der Waals surface area contributed by atoms with Crippen molar-refractivity contribution in [2.45, 2.75) is 110 Å². The summed E-state index contributed by atoms with van der Waals surface area (Å²) in [6, 6.07) is 0.677. The maximum atomic E-state index is 4.21. The minimum absolute atomic E-state index is 0.677. The molecule has 1 aromatic rings. The van der Waals surface area contributed by atoms with Crippen molar-refractivity contribution in [1.29, 1.82) is 0 Å². The van der Waals surface area contributed by atoms with E-state index in [0.29, 0.717) is 6.04 Å². The smallest absolute Gasteiger partial charge is 0.0948 e. The van der Waals surface area contributed by atoms with Crippen molar-refractivity contribution in [1.82, 2.24) is 9.55 Å². The second kappa shape index (κ2) is 13.8. The van der Waals surface area contributed by atoms with Crippen LogP contribution in [0.2, 0.25) is 0 Å². The molecular weight excluding hydrogens is 268 g/mol. The second-order valence-electron chi connectivity index (χ2n) is 6.78. The minimum atomic E-state index is 0.677. The third-order valence-electron chi connectivity index (χ3n) is 4.73. The Bertz CT molecular complexity index is 318. The molecule has 0 aliphatic carbocycles. The largest absolute Gasteiger partial charge is 0.334 e. The summed E-state index contributed by atoms with van der Waals surface area (Å²) >= 11 is 0. The Morgan fingerprint density at radius 2 is 1.27 bits per heavy atom. The van der Waals surface area contributed by atoms with Crippen molar-refractivity contribution in [2.75, 3.05) is 0 Å². The van der Waals surface area contributed by atoms with Crippen LogP contribution in [-0.2, 0) is 0 Å². The molecule has 2 heteroatoms. The predicted molar refractivity (Wildman–Crippen MR) is 97.3 cm³/mol. The Morgan fingerprint density at radius 3 is 1.82 bits per heavy atom. The lowest BCUT2D eigenvalue weighted by molar-refractivity contribution is 0.400. The number of hydrogen-bond acceptors (Lipinski definition) is 1.